The van der Waals surface area contributed by atoms with E-state index in [-0.39, 0.29) is 17.7 Å². The van der Waals surface area contributed by atoms with Crippen molar-refractivity contribution in [2.24, 2.45) is 5.92 Å². The number of ether oxygens (including phenoxy) is 2. The van der Waals surface area contributed by atoms with Gasteiger partial charge in [-0.3, -0.25) is 4.90 Å². The molecule has 5 heteroatoms. The van der Waals surface area contributed by atoms with Gasteiger partial charge in [0, 0.05) is 24.5 Å². The van der Waals surface area contributed by atoms with Crippen LogP contribution in [0.1, 0.15) is 74.1 Å². The molecule has 0 amide bonds. The molecular formula is C23H45FN2O2. The topological polar surface area (TPSA) is 24.9 Å². The first-order valence-corrected chi connectivity index (χ1v) is 11.5. The molecule has 0 aromatic rings. The minimum absolute atomic E-state index is 0.00366. The van der Waals surface area contributed by atoms with Crippen LogP contribution in [0, 0.1) is 5.92 Å². The Morgan fingerprint density at radius 2 is 1.64 bits per heavy atom. The van der Waals surface area contributed by atoms with Crippen molar-refractivity contribution in [3.63, 3.8) is 0 Å². The van der Waals surface area contributed by atoms with Crippen molar-refractivity contribution in [2.75, 3.05) is 26.7 Å². The molecule has 28 heavy (non-hydrogen) atoms. The molecule has 0 aliphatic carbocycles. The standard InChI is InChI=1S/C12H22FNO.C11H23NO/c1-9(2)15-10(3)12-5-4-6-14(12)8-11(13)7-12;1-8(2)13-10(4)11-9(3)6-7-12(11)5/h9-11H,4-8H2,1-3H3;8-11H,6-7H2,1-5H3/t10-,11+,12?;9-,10-,11-/m00/s1. The fourth-order valence-corrected chi connectivity index (χ4v) is 5.80. The van der Waals surface area contributed by atoms with Crippen LogP contribution in [-0.4, -0.2) is 78.7 Å². The number of likely N-dealkylation sites (N-methyl/N-ethyl adjacent to an activating group) is 1. The molecule has 3 aliphatic heterocycles. The summed E-state index contributed by atoms with van der Waals surface area (Å²) in [7, 11) is 2.20. The fraction of sp³-hybridized carbons (Fsp3) is 1.00. The Morgan fingerprint density at radius 1 is 1.00 bits per heavy atom. The molecule has 3 fully saturated rings. The van der Waals surface area contributed by atoms with E-state index in [4.69, 9.17) is 9.47 Å². The van der Waals surface area contributed by atoms with Gasteiger partial charge in [0.15, 0.2) is 0 Å². The van der Waals surface area contributed by atoms with Gasteiger partial charge in [0.1, 0.15) is 6.17 Å². The number of halogens is 1. The molecule has 1 unspecified atom stereocenters. The molecule has 0 radical (unpaired) electrons. The second-order valence-corrected chi connectivity index (χ2v) is 9.91. The lowest BCUT2D eigenvalue weighted by atomic mass is 9.88. The Hall–Kier alpha value is -0.230. The highest BCUT2D eigenvalue weighted by molar-refractivity contribution is 5.07. The molecule has 0 spiro atoms. The maximum atomic E-state index is 13.5. The van der Waals surface area contributed by atoms with Crippen molar-refractivity contribution in [3.05, 3.63) is 0 Å². The predicted molar refractivity (Wildman–Crippen MR) is 115 cm³/mol. The lowest BCUT2D eigenvalue weighted by Crippen LogP contribution is -2.49. The Labute approximate surface area is 173 Å². The Morgan fingerprint density at radius 3 is 2.18 bits per heavy atom. The number of hydrogen-bond donors (Lipinski definition) is 0. The summed E-state index contributed by atoms with van der Waals surface area (Å²) in [6, 6.07) is 0.613. The van der Waals surface area contributed by atoms with Crippen molar-refractivity contribution >= 4 is 0 Å². The minimum Gasteiger partial charge on any atom is -0.374 e. The molecular weight excluding hydrogens is 355 g/mol. The summed E-state index contributed by atoms with van der Waals surface area (Å²) < 4.78 is 25.2. The van der Waals surface area contributed by atoms with Crippen LogP contribution in [0.15, 0.2) is 0 Å². The maximum absolute atomic E-state index is 13.5. The number of hydrogen-bond acceptors (Lipinski definition) is 4. The third-order valence-electron chi connectivity index (χ3n) is 6.89. The highest BCUT2D eigenvalue weighted by atomic mass is 19.1. The lowest BCUT2D eigenvalue weighted by Gasteiger charge is -2.38. The van der Waals surface area contributed by atoms with Crippen LogP contribution in [0.25, 0.3) is 0 Å². The van der Waals surface area contributed by atoms with Gasteiger partial charge in [0.05, 0.1) is 24.4 Å². The van der Waals surface area contributed by atoms with Crippen molar-refractivity contribution in [2.45, 2.75) is 116 Å². The van der Waals surface area contributed by atoms with Crippen LogP contribution < -0.4 is 0 Å². The first kappa shape index (κ1) is 24.0. The molecule has 3 aliphatic rings. The van der Waals surface area contributed by atoms with Crippen molar-refractivity contribution < 1.29 is 13.9 Å². The molecule has 166 valence electrons. The predicted octanol–water partition coefficient (Wildman–Crippen LogP) is 4.52. The average Bonchev–Trinajstić information content (AvgIpc) is 3.19. The van der Waals surface area contributed by atoms with Crippen LogP contribution in [0.5, 0.6) is 0 Å². The molecule has 3 rings (SSSR count). The van der Waals surface area contributed by atoms with E-state index in [9.17, 15) is 4.39 Å². The lowest BCUT2D eigenvalue weighted by molar-refractivity contribution is -0.0604. The van der Waals surface area contributed by atoms with Gasteiger partial charge in [-0.05, 0) is 86.9 Å². The van der Waals surface area contributed by atoms with Crippen molar-refractivity contribution in [1.29, 1.82) is 0 Å². The summed E-state index contributed by atoms with van der Waals surface area (Å²) >= 11 is 0. The Balaban J connectivity index is 0.000000203. The number of rotatable bonds is 6. The van der Waals surface area contributed by atoms with Crippen LogP contribution >= 0.6 is 0 Å². The van der Waals surface area contributed by atoms with Gasteiger partial charge < -0.3 is 14.4 Å². The number of likely N-dealkylation sites (tertiary alicyclic amines) is 1. The summed E-state index contributed by atoms with van der Waals surface area (Å²) in [5.41, 5.74) is 0.00366. The molecule has 4 nitrogen and oxygen atoms in total. The summed E-state index contributed by atoms with van der Waals surface area (Å²) in [6.45, 7) is 17.8. The highest BCUT2D eigenvalue weighted by Gasteiger charge is 2.52. The normalized spacial score (nSPS) is 35.9. The van der Waals surface area contributed by atoms with Crippen LogP contribution in [-0.2, 0) is 9.47 Å². The van der Waals surface area contributed by atoms with E-state index in [1.165, 1.54) is 19.4 Å². The fourth-order valence-electron chi connectivity index (χ4n) is 5.80. The second kappa shape index (κ2) is 10.2. The smallest absolute Gasteiger partial charge is 0.115 e. The third-order valence-corrected chi connectivity index (χ3v) is 6.89. The first-order chi connectivity index (χ1) is 13.1. The van der Waals surface area contributed by atoms with Crippen LogP contribution in [0.4, 0.5) is 4.39 Å². The van der Waals surface area contributed by atoms with Gasteiger partial charge in [0.25, 0.3) is 0 Å². The van der Waals surface area contributed by atoms with Gasteiger partial charge in [-0.2, -0.15) is 0 Å². The average molecular weight is 401 g/mol. The van der Waals surface area contributed by atoms with E-state index in [1.54, 1.807) is 0 Å². The Bertz CT molecular complexity index is 466. The summed E-state index contributed by atoms with van der Waals surface area (Å²) in [5, 5.41) is 0. The minimum atomic E-state index is -0.650. The van der Waals surface area contributed by atoms with Crippen molar-refractivity contribution in [1.82, 2.24) is 9.80 Å². The van der Waals surface area contributed by atoms with E-state index in [2.05, 4.69) is 51.5 Å². The van der Waals surface area contributed by atoms with Gasteiger partial charge in [-0.25, -0.2) is 4.39 Å². The summed E-state index contributed by atoms with van der Waals surface area (Å²) in [5.74, 6) is 0.777. The number of fused-ring (bicyclic) bond motifs is 1. The molecule has 3 heterocycles. The monoisotopic (exact) mass is 400 g/mol. The van der Waals surface area contributed by atoms with Gasteiger partial charge >= 0.3 is 0 Å². The zero-order valence-corrected chi connectivity index (χ0v) is 19.6. The quantitative estimate of drug-likeness (QED) is 0.655. The molecule has 0 N–H and O–H groups in total. The van der Waals surface area contributed by atoms with Crippen LogP contribution in [0.3, 0.4) is 0 Å². The zero-order chi connectivity index (χ0) is 21.1. The van der Waals surface area contributed by atoms with Crippen LogP contribution in [0.2, 0.25) is 0 Å². The summed E-state index contributed by atoms with van der Waals surface area (Å²) in [4.78, 5) is 4.74. The van der Waals surface area contributed by atoms with E-state index in [0.717, 1.165) is 18.9 Å². The maximum Gasteiger partial charge on any atom is 0.115 e. The second-order valence-electron chi connectivity index (χ2n) is 9.91. The number of alkyl halides is 1. The molecule has 0 bridgehead atoms. The van der Waals surface area contributed by atoms with Crippen molar-refractivity contribution in [3.8, 4) is 0 Å². The molecule has 6 atom stereocenters. The third kappa shape index (κ3) is 5.68. The molecule has 0 aromatic heterocycles. The molecule has 0 aromatic carbocycles. The van der Waals surface area contributed by atoms with E-state index >= 15 is 0 Å². The van der Waals surface area contributed by atoms with Gasteiger partial charge in [0.2, 0.25) is 0 Å². The van der Waals surface area contributed by atoms with E-state index < -0.39 is 6.17 Å². The highest BCUT2D eigenvalue weighted by Crippen LogP contribution is 2.43. The zero-order valence-electron chi connectivity index (χ0n) is 19.6. The SMILES string of the molecule is CC(C)O[C@@H](C)C12CCCN1C[C@H](F)C2.CC(C)O[C@@H](C)[C@@H]1[C@@H](C)CCN1C. The van der Waals surface area contributed by atoms with E-state index in [0.29, 0.717) is 31.2 Å². The van der Waals surface area contributed by atoms with Gasteiger partial charge in [-0.1, -0.05) is 6.92 Å². The van der Waals surface area contributed by atoms with E-state index in [1.807, 2.05) is 13.8 Å². The van der Waals surface area contributed by atoms with Gasteiger partial charge in [-0.15, -0.1) is 0 Å². The number of nitrogens with zero attached hydrogens (tertiary/aromatic N) is 2. The Kier molecular flexibility index (Phi) is 8.75. The largest absolute Gasteiger partial charge is 0.374 e. The summed E-state index contributed by atoms with van der Waals surface area (Å²) in [6.07, 6.45) is 4.71. The first-order valence-electron chi connectivity index (χ1n) is 11.5. The molecule has 3 saturated heterocycles. The molecule has 0 saturated carbocycles.